The van der Waals surface area contributed by atoms with Crippen LogP contribution < -0.4 is 5.73 Å². The maximum atomic E-state index is 9.38. The van der Waals surface area contributed by atoms with Gasteiger partial charge < -0.3 is 10.8 Å². The minimum atomic E-state index is 0.240. The third-order valence-corrected chi connectivity index (χ3v) is 3.43. The van der Waals surface area contributed by atoms with Gasteiger partial charge in [-0.3, -0.25) is 4.57 Å². The highest BCUT2D eigenvalue weighted by atomic mass is 16.3. The molecule has 0 fully saturated rings. The quantitative estimate of drug-likeness (QED) is 0.698. The minimum absolute atomic E-state index is 0.240. The number of benzene rings is 1. The number of nitrogens with zero attached hydrogens (tertiary/aromatic N) is 3. The normalized spacial score (nSPS) is 11.1. The number of aromatic hydroxyl groups is 1. The highest BCUT2D eigenvalue weighted by Crippen LogP contribution is 2.30. The number of fused-ring (bicyclic) bond motifs is 1. The summed E-state index contributed by atoms with van der Waals surface area (Å²) < 4.78 is 2.02. The van der Waals surface area contributed by atoms with Gasteiger partial charge in [0.1, 0.15) is 17.9 Å². The molecule has 0 aliphatic rings. The smallest absolute Gasteiger partial charge is 0.150 e. The molecule has 5 heteroatoms. The highest BCUT2D eigenvalue weighted by Gasteiger charge is 2.15. The van der Waals surface area contributed by atoms with E-state index in [-0.39, 0.29) is 5.75 Å². The second kappa shape index (κ2) is 3.98. The highest BCUT2D eigenvalue weighted by molar-refractivity contribution is 5.92. The molecule has 0 amide bonds. The third-order valence-electron chi connectivity index (χ3n) is 3.43. The number of phenols is 1. The Bertz CT molecular complexity index is 759. The zero-order chi connectivity index (χ0) is 13.6. The van der Waals surface area contributed by atoms with Gasteiger partial charge in [0.05, 0.1) is 5.39 Å². The fraction of sp³-hybridized carbons (Fsp3) is 0.143. The molecule has 2 aromatic heterocycles. The van der Waals surface area contributed by atoms with E-state index in [0.717, 1.165) is 28.0 Å². The van der Waals surface area contributed by atoms with Crippen molar-refractivity contribution < 1.29 is 5.11 Å². The first-order valence-corrected chi connectivity index (χ1v) is 5.97. The predicted molar refractivity (Wildman–Crippen MR) is 74.4 cm³/mol. The first kappa shape index (κ1) is 11.5. The Labute approximate surface area is 110 Å². The summed E-state index contributed by atoms with van der Waals surface area (Å²) in [5, 5.41) is 10.3. The first-order valence-electron chi connectivity index (χ1n) is 5.97. The van der Waals surface area contributed by atoms with Crippen LogP contribution in [0.1, 0.15) is 11.3 Å². The lowest BCUT2D eigenvalue weighted by Gasteiger charge is -2.07. The van der Waals surface area contributed by atoms with Gasteiger partial charge in [-0.2, -0.15) is 0 Å². The average Bonchev–Trinajstić information content (AvgIpc) is 2.65. The molecule has 19 heavy (non-hydrogen) atoms. The molecule has 0 bridgehead atoms. The van der Waals surface area contributed by atoms with Gasteiger partial charge in [0.25, 0.3) is 0 Å². The second-order valence-electron chi connectivity index (χ2n) is 4.52. The molecule has 0 spiro atoms. The van der Waals surface area contributed by atoms with Crippen LogP contribution in [0.2, 0.25) is 0 Å². The molecule has 5 nitrogen and oxygen atoms in total. The zero-order valence-corrected chi connectivity index (χ0v) is 10.8. The number of anilines is 1. The molecule has 2 heterocycles. The van der Waals surface area contributed by atoms with Gasteiger partial charge in [-0.05, 0) is 43.7 Å². The first-order chi connectivity index (χ1) is 9.09. The van der Waals surface area contributed by atoms with Crippen LogP contribution in [0.5, 0.6) is 5.75 Å². The van der Waals surface area contributed by atoms with Crippen molar-refractivity contribution in [3.8, 4) is 11.4 Å². The fourth-order valence-corrected chi connectivity index (χ4v) is 2.34. The predicted octanol–water partition coefficient (Wildman–Crippen LogP) is 2.33. The van der Waals surface area contributed by atoms with E-state index in [1.165, 1.54) is 6.33 Å². The molecule has 0 saturated carbocycles. The summed E-state index contributed by atoms with van der Waals surface area (Å²) in [6.07, 6.45) is 1.47. The average molecular weight is 254 g/mol. The van der Waals surface area contributed by atoms with Crippen molar-refractivity contribution in [3.63, 3.8) is 0 Å². The van der Waals surface area contributed by atoms with Crippen LogP contribution in [-0.2, 0) is 0 Å². The molecule has 0 atom stereocenters. The Morgan fingerprint density at radius 3 is 2.47 bits per heavy atom. The zero-order valence-electron chi connectivity index (χ0n) is 10.8. The number of hydrogen-bond acceptors (Lipinski definition) is 4. The number of phenolic OH excluding ortho intramolecular Hbond substituents is 1. The van der Waals surface area contributed by atoms with E-state index in [1.807, 2.05) is 30.5 Å². The lowest BCUT2D eigenvalue weighted by Crippen LogP contribution is -1.98. The Kier molecular flexibility index (Phi) is 2.41. The van der Waals surface area contributed by atoms with Crippen LogP contribution in [0.3, 0.4) is 0 Å². The van der Waals surface area contributed by atoms with Crippen molar-refractivity contribution in [2.75, 3.05) is 5.73 Å². The summed E-state index contributed by atoms with van der Waals surface area (Å²) in [7, 11) is 0. The van der Waals surface area contributed by atoms with Crippen molar-refractivity contribution in [1.29, 1.82) is 0 Å². The van der Waals surface area contributed by atoms with E-state index in [9.17, 15) is 5.11 Å². The Balaban J connectivity index is 2.38. The standard InChI is InChI=1S/C14H14N4O/c1-8-9(2)18(10-3-5-11(19)6-4-10)14-12(8)13(15)16-7-17-14/h3-7,19H,1-2H3,(H2,15,16,17). The summed E-state index contributed by atoms with van der Waals surface area (Å²) in [5.41, 5.74) is 9.79. The topological polar surface area (TPSA) is 77.0 Å². The monoisotopic (exact) mass is 254 g/mol. The minimum Gasteiger partial charge on any atom is -0.508 e. The molecule has 3 aromatic rings. The Morgan fingerprint density at radius 2 is 1.79 bits per heavy atom. The van der Waals surface area contributed by atoms with Gasteiger partial charge in [0, 0.05) is 11.4 Å². The van der Waals surface area contributed by atoms with Crippen molar-refractivity contribution in [1.82, 2.24) is 14.5 Å². The summed E-state index contributed by atoms with van der Waals surface area (Å²) in [4.78, 5) is 8.38. The summed E-state index contributed by atoms with van der Waals surface area (Å²) in [6.45, 7) is 4.03. The maximum Gasteiger partial charge on any atom is 0.150 e. The molecule has 0 saturated heterocycles. The SMILES string of the molecule is Cc1c(C)n(-c2ccc(O)cc2)c2ncnc(N)c12. The number of nitrogens with two attached hydrogens (primary N) is 1. The van der Waals surface area contributed by atoms with E-state index in [4.69, 9.17) is 5.73 Å². The van der Waals surface area contributed by atoms with Crippen LogP contribution in [0.4, 0.5) is 5.82 Å². The van der Waals surface area contributed by atoms with Crippen molar-refractivity contribution in [2.45, 2.75) is 13.8 Å². The van der Waals surface area contributed by atoms with Crippen LogP contribution in [0.15, 0.2) is 30.6 Å². The molecule has 0 aliphatic heterocycles. The van der Waals surface area contributed by atoms with E-state index in [2.05, 4.69) is 9.97 Å². The molecule has 96 valence electrons. The maximum absolute atomic E-state index is 9.38. The van der Waals surface area contributed by atoms with Crippen LogP contribution in [-0.4, -0.2) is 19.6 Å². The Hall–Kier alpha value is -2.56. The van der Waals surface area contributed by atoms with Crippen LogP contribution in [0, 0.1) is 13.8 Å². The molecule has 3 N–H and O–H groups in total. The number of nitrogen functional groups attached to an aromatic ring is 1. The summed E-state index contributed by atoms with van der Waals surface area (Å²) in [6, 6.07) is 7.00. The Morgan fingerprint density at radius 1 is 1.11 bits per heavy atom. The van der Waals surface area contributed by atoms with E-state index in [0.29, 0.717) is 5.82 Å². The summed E-state index contributed by atoms with van der Waals surface area (Å²) >= 11 is 0. The van der Waals surface area contributed by atoms with Gasteiger partial charge in [0.2, 0.25) is 0 Å². The van der Waals surface area contributed by atoms with Crippen LogP contribution >= 0.6 is 0 Å². The molecular weight excluding hydrogens is 240 g/mol. The molecule has 0 aliphatic carbocycles. The fourth-order valence-electron chi connectivity index (χ4n) is 2.34. The molecule has 3 rings (SSSR count). The van der Waals surface area contributed by atoms with Gasteiger partial charge in [-0.1, -0.05) is 0 Å². The third kappa shape index (κ3) is 1.62. The van der Waals surface area contributed by atoms with E-state index < -0.39 is 0 Å². The van der Waals surface area contributed by atoms with Gasteiger partial charge >= 0.3 is 0 Å². The number of rotatable bonds is 1. The van der Waals surface area contributed by atoms with Gasteiger partial charge in [-0.25, -0.2) is 9.97 Å². The molecule has 0 radical (unpaired) electrons. The van der Waals surface area contributed by atoms with Gasteiger partial charge in [0.15, 0.2) is 5.65 Å². The van der Waals surface area contributed by atoms with E-state index >= 15 is 0 Å². The van der Waals surface area contributed by atoms with Gasteiger partial charge in [-0.15, -0.1) is 0 Å². The lowest BCUT2D eigenvalue weighted by molar-refractivity contribution is 0.475. The lowest BCUT2D eigenvalue weighted by atomic mass is 10.2. The van der Waals surface area contributed by atoms with E-state index in [1.54, 1.807) is 12.1 Å². The van der Waals surface area contributed by atoms with Crippen LogP contribution in [0.25, 0.3) is 16.7 Å². The molecule has 1 aromatic carbocycles. The van der Waals surface area contributed by atoms with Crippen molar-refractivity contribution in [3.05, 3.63) is 41.9 Å². The second-order valence-corrected chi connectivity index (χ2v) is 4.52. The van der Waals surface area contributed by atoms with Crippen molar-refractivity contribution in [2.24, 2.45) is 0 Å². The largest absolute Gasteiger partial charge is 0.508 e. The van der Waals surface area contributed by atoms with Crippen molar-refractivity contribution >= 4 is 16.9 Å². The molecular formula is C14H14N4O. The number of aromatic nitrogens is 3. The summed E-state index contributed by atoms with van der Waals surface area (Å²) in [5.74, 6) is 0.729. The number of hydrogen-bond donors (Lipinski definition) is 2. The molecule has 0 unspecified atom stereocenters. The number of aryl methyl sites for hydroxylation is 1.